The highest BCUT2D eigenvalue weighted by molar-refractivity contribution is 5.34. The summed E-state index contributed by atoms with van der Waals surface area (Å²) in [5.41, 5.74) is -0.689. The van der Waals surface area contributed by atoms with E-state index >= 15 is 0 Å². The third-order valence-electron chi connectivity index (χ3n) is 9.99. The van der Waals surface area contributed by atoms with Crippen LogP contribution in [-0.4, -0.2) is 44.8 Å². The predicted molar refractivity (Wildman–Crippen MR) is 123 cm³/mol. The van der Waals surface area contributed by atoms with E-state index in [4.69, 9.17) is 0 Å². The van der Waals surface area contributed by atoms with Crippen LogP contribution in [0.25, 0.3) is 0 Å². The van der Waals surface area contributed by atoms with Gasteiger partial charge in [0, 0.05) is 11.8 Å². The quantitative estimate of drug-likeness (QED) is 0.490. The summed E-state index contributed by atoms with van der Waals surface area (Å²) < 4.78 is 0. The van der Waals surface area contributed by atoms with Crippen LogP contribution in [0.15, 0.2) is 23.8 Å². The first-order valence-electron chi connectivity index (χ1n) is 12.7. The predicted octanol–water partition coefficient (Wildman–Crippen LogP) is 4.22. The molecule has 4 nitrogen and oxygen atoms in total. The number of hydrogen-bond acceptors (Lipinski definition) is 4. The molecule has 4 aliphatic carbocycles. The van der Waals surface area contributed by atoms with E-state index in [2.05, 4.69) is 39.8 Å². The van der Waals surface area contributed by atoms with Crippen molar-refractivity contribution in [3.63, 3.8) is 0 Å². The number of allylic oxidation sites excluding steroid dienone is 3. The Morgan fingerprint density at radius 3 is 2.48 bits per heavy atom. The lowest BCUT2D eigenvalue weighted by molar-refractivity contribution is -0.230. The molecule has 0 aliphatic heterocycles. The fourth-order valence-electron chi connectivity index (χ4n) is 8.27. The van der Waals surface area contributed by atoms with Crippen molar-refractivity contribution in [2.75, 3.05) is 6.61 Å². The summed E-state index contributed by atoms with van der Waals surface area (Å²) in [6, 6.07) is 0. The van der Waals surface area contributed by atoms with Gasteiger partial charge in [-0.25, -0.2) is 0 Å². The van der Waals surface area contributed by atoms with Gasteiger partial charge in [-0.05, 0) is 80.0 Å². The molecular weight excluding hydrogens is 388 g/mol. The molecule has 0 unspecified atom stereocenters. The summed E-state index contributed by atoms with van der Waals surface area (Å²) in [6.07, 6.45) is 11.9. The van der Waals surface area contributed by atoms with Crippen LogP contribution in [0.2, 0.25) is 0 Å². The lowest BCUT2D eigenvalue weighted by atomic mass is 9.45. The van der Waals surface area contributed by atoms with E-state index in [0.29, 0.717) is 36.5 Å². The molecule has 0 saturated heterocycles. The minimum atomic E-state index is -1.44. The van der Waals surface area contributed by atoms with Gasteiger partial charge in [-0.3, -0.25) is 0 Å². The van der Waals surface area contributed by atoms with Crippen LogP contribution in [0.5, 0.6) is 0 Å². The van der Waals surface area contributed by atoms with Gasteiger partial charge >= 0.3 is 0 Å². The van der Waals surface area contributed by atoms with Gasteiger partial charge in [0.25, 0.3) is 0 Å². The highest BCUT2D eigenvalue weighted by Gasteiger charge is 2.66. The zero-order chi connectivity index (χ0) is 22.6. The number of rotatable bonds is 5. The van der Waals surface area contributed by atoms with Crippen LogP contribution in [0.4, 0.5) is 0 Å². The van der Waals surface area contributed by atoms with Crippen LogP contribution >= 0.6 is 0 Å². The van der Waals surface area contributed by atoms with Gasteiger partial charge in [0.05, 0.1) is 12.7 Å². The molecule has 9 atom stereocenters. The molecule has 31 heavy (non-hydrogen) atoms. The topological polar surface area (TPSA) is 80.9 Å². The second kappa shape index (κ2) is 8.27. The van der Waals surface area contributed by atoms with E-state index < -0.39 is 23.2 Å². The van der Waals surface area contributed by atoms with Crippen molar-refractivity contribution in [3.05, 3.63) is 23.8 Å². The average Bonchev–Trinajstić information content (AvgIpc) is 3.06. The molecule has 0 radical (unpaired) electrons. The number of aliphatic hydroxyl groups is 4. The molecule has 176 valence electrons. The third kappa shape index (κ3) is 3.48. The maximum Gasteiger partial charge on any atom is 0.105 e. The van der Waals surface area contributed by atoms with E-state index in [0.717, 1.165) is 25.7 Å². The highest BCUT2D eigenvalue weighted by Crippen LogP contribution is 2.67. The molecule has 4 heteroatoms. The third-order valence-corrected chi connectivity index (χ3v) is 9.99. The number of hydrogen-bond donors (Lipinski definition) is 4. The van der Waals surface area contributed by atoms with Crippen LogP contribution in [0.1, 0.15) is 79.1 Å². The fraction of sp³-hybridized carbons (Fsp3) is 0.852. The summed E-state index contributed by atoms with van der Waals surface area (Å²) in [4.78, 5) is 0. The lowest BCUT2D eigenvalue weighted by Gasteiger charge is -2.62. The Balaban J connectivity index is 1.64. The monoisotopic (exact) mass is 432 g/mol. The molecule has 4 N–H and O–H groups in total. The van der Waals surface area contributed by atoms with Gasteiger partial charge in [0.2, 0.25) is 0 Å². The van der Waals surface area contributed by atoms with Gasteiger partial charge < -0.3 is 20.4 Å². The van der Waals surface area contributed by atoms with Crippen molar-refractivity contribution in [3.8, 4) is 0 Å². The first-order valence-corrected chi connectivity index (χ1v) is 12.7. The average molecular weight is 433 g/mol. The van der Waals surface area contributed by atoms with Crippen molar-refractivity contribution < 1.29 is 20.4 Å². The zero-order valence-corrected chi connectivity index (χ0v) is 19.9. The van der Waals surface area contributed by atoms with E-state index in [-0.39, 0.29) is 24.4 Å². The molecule has 3 saturated carbocycles. The number of fused-ring (bicyclic) bond motifs is 5. The van der Waals surface area contributed by atoms with Gasteiger partial charge in [-0.1, -0.05) is 51.5 Å². The van der Waals surface area contributed by atoms with Crippen LogP contribution < -0.4 is 0 Å². The number of aliphatic hydroxyl groups excluding tert-OH is 3. The molecule has 4 rings (SSSR count). The first kappa shape index (κ1) is 23.5. The molecule has 0 spiro atoms. The molecule has 0 bridgehead atoms. The molecule has 0 aromatic rings. The Morgan fingerprint density at radius 1 is 1.06 bits per heavy atom. The Morgan fingerprint density at radius 2 is 1.81 bits per heavy atom. The summed E-state index contributed by atoms with van der Waals surface area (Å²) in [5, 5.41) is 43.5. The molecule has 0 aromatic carbocycles. The Bertz CT molecular complexity index is 729. The summed E-state index contributed by atoms with van der Waals surface area (Å²) in [6.45, 7) is 9.19. The Labute approximate surface area is 188 Å². The highest BCUT2D eigenvalue weighted by atomic mass is 16.3. The molecule has 0 aromatic heterocycles. The van der Waals surface area contributed by atoms with Crippen molar-refractivity contribution >= 4 is 0 Å². The molecule has 3 fully saturated rings. The second-order valence-electron chi connectivity index (χ2n) is 12.0. The van der Waals surface area contributed by atoms with Crippen LogP contribution in [0, 0.1) is 40.4 Å². The smallest absolute Gasteiger partial charge is 0.105 e. The Hall–Kier alpha value is -0.680. The van der Waals surface area contributed by atoms with Crippen molar-refractivity contribution in [1.29, 1.82) is 0 Å². The summed E-state index contributed by atoms with van der Waals surface area (Å²) in [7, 11) is 0. The van der Waals surface area contributed by atoms with E-state index in [1.165, 1.54) is 12.0 Å². The van der Waals surface area contributed by atoms with Gasteiger partial charge in [0.15, 0.2) is 0 Å². The lowest BCUT2D eigenvalue weighted by Crippen LogP contribution is -2.68. The van der Waals surface area contributed by atoms with E-state index in [1.54, 1.807) is 0 Å². The van der Waals surface area contributed by atoms with Gasteiger partial charge in [-0.2, -0.15) is 0 Å². The SMILES string of the molecule is CC(C)C/C=C/[C@@H](C)[C@H]1CC[C@@H]2C3=C[C@@H](O)[C@@]4(O)C[C@@H](O)CC[C@@]4(CO)[C@@H]3CC[C@@]21C. The summed E-state index contributed by atoms with van der Waals surface area (Å²) in [5.74, 6) is 2.35. The van der Waals surface area contributed by atoms with Crippen LogP contribution in [-0.2, 0) is 0 Å². The van der Waals surface area contributed by atoms with Gasteiger partial charge in [-0.15, -0.1) is 0 Å². The van der Waals surface area contributed by atoms with Crippen LogP contribution in [0.3, 0.4) is 0 Å². The van der Waals surface area contributed by atoms with Crippen molar-refractivity contribution in [2.24, 2.45) is 40.4 Å². The molecule has 0 amide bonds. The molecular formula is C27H44O4. The van der Waals surface area contributed by atoms with Gasteiger partial charge in [0.1, 0.15) is 11.7 Å². The van der Waals surface area contributed by atoms with Crippen molar-refractivity contribution in [1.82, 2.24) is 0 Å². The maximum atomic E-state index is 11.6. The minimum Gasteiger partial charge on any atom is -0.396 e. The van der Waals surface area contributed by atoms with E-state index in [1.807, 2.05) is 6.08 Å². The molecule has 0 heterocycles. The normalized spacial score (nSPS) is 48.3. The zero-order valence-electron chi connectivity index (χ0n) is 19.9. The second-order valence-corrected chi connectivity index (χ2v) is 12.0. The standard InChI is InChI=1S/C27H44O4/c1-17(2)6-5-7-18(3)21-8-9-22-20-14-24(30)27(31)15-19(29)10-13-26(27,16-28)23(20)11-12-25(21,22)4/h5,7,14,17-19,21-24,28-31H,6,8-13,15-16H2,1-4H3/b7-5+/t18-,19+,21-,22-,23-,24-,25-,26-,27+/m1/s1. The van der Waals surface area contributed by atoms with Crippen molar-refractivity contribution in [2.45, 2.75) is 96.9 Å². The minimum absolute atomic E-state index is 0.0991. The fourth-order valence-corrected chi connectivity index (χ4v) is 8.27. The Kier molecular flexibility index (Phi) is 6.26. The molecule has 4 aliphatic rings. The first-order chi connectivity index (χ1) is 14.6. The maximum absolute atomic E-state index is 11.6. The van der Waals surface area contributed by atoms with E-state index in [9.17, 15) is 20.4 Å². The summed E-state index contributed by atoms with van der Waals surface area (Å²) >= 11 is 0. The largest absolute Gasteiger partial charge is 0.396 e.